The van der Waals surface area contributed by atoms with Gasteiger partial charge in [-0.3, -0.25) is 0 Å². The molecule has 0 saturated heterocycles. The van der Waals surface area contributed by atoms with Crippen LogP contribution in [0, 0.1) is 0 Å². The first-order valence-corrected chi connectivity index (χ1v) is 5.50. The van der Waals surface area contributed by atoms with Crippen molar-refractivity contribution < 1.29 is 19.4 Å². The number of aromatic hydroxyl groups is 1. The summed E-state index contributed by atoms with van der Waals surface area (Å²) < 4.78 is 9.90. The second kappa shape index (κ2) is 4.91. The summed E-state index contributed by atoms with van der Waals surface area (Å²) in [5.41, 5.74) is 0.588. The number of methoxy groups -OCH3 is 1. The van der Waals surface area contributed by atoms with Crippen molar-refractivity contribution in [3.8, 4) is 11.5 Å². The van der Waals surface area contributed by atoms with Crippen molar-refractivity contribution in [2.24, 2.45) is 0 Å². The predicted molar refractivity (Wildman–Crippen MR) is 65.9 cm³/mol. The number of nitrogens with zero attached hydrogens (tertiary/aromatic N) is 1. The van der Waals surface area contributed by atoms with Crippen molar-refractivity contribution >= 4 is 16.9 Å². The highest BCUT2D eigenvalue weighted by Gasteiger charge is 2.12. The Morgan fingerprint density at radius 3 is 2.83 bits per heavy atom. The van der Waals surface area contributed by atoms with Crippen molar-refractivity contribution in [1.29, 1.82) is 0 Å². The van der Waals surface area contributed by atoms with E-state index in [1.165, 1.54) is 13.2 Å². The van der Waals surface area contributed by atoms with Gasteiger partial charge in [0.05, 0.1) is 19.2 Å². The summed E-state index contributed by atoms with van der Waals surface area (Å²) in [6.07, 6.45) is 0. The number of hydrogen-bond acceptors (Lipinski definition) is 5. The normalized spacial score (nSPS) is 10.3. The van der Waals surface area contributed by atoms with Crippen LogP contribution in [0.15, 0.2) is 24.3 Å². The third-order valence-corrected chi connectivity index (χ3v) is 2.46. The Bertz CT molecular complexity index is 595. The maximum absolute atomic E-state index is 11.4. The lowest BCUT2D eigenvalue weighted by molar-refractivity contribution is 0.0594. The average molecular weight is 247 g/mol. The molecule has 1 N–H and O–H groups in total. The van der Waals surface area contributed by atoms with E-state index in [2.05, 4.69) is 9.72 Å². The van der Waals surface area contributed by atoms with E-state index in [1.54, 1.807) is 18.2 Å². The number of carbonyl (C=O) groups is 1. The first kappa shape index (κ1) is 12.2. The van der Waals surface area contributed by atoms with Crippen LogP contribution in [0.5, 0.6) is 11.5 Å². The molecule has 0 unspecified atom stereocenters. The molecule has 18 heavy (non-hydrogen) atoms. The fourth-order valence-electron chi connectivity index (χ4n) is 1.65. The number of rotatable bonds is 3. The summed E-state index contributed by atoms with van der Waals surface area (Å²) in [7, 11) is 1.27. The molecule has 2 aromatic rings. The predicted octanol–water partition coefficient (Wildman–Crippen LogP) is 2.13. The van der Waals surface area contributed by atoms with Gasteiger partial charge in [-0.25, -0.2) is 9.78 Å². The molecule has 0 bridgehead atoms. The molecule has 94 valence electrons. The van der Waals surface area contributed by atoms with Gasteiger partial charge in [-0.2, -0.15) is 0 Å². The van der Waals surface area contributed by atoms with E-state index < -0.39 is 5.97 Å². The van der Waals surface area contributed by atoms with E-state index >= 15 is 0 Å². The zero-order chi connectivity index (χ0) is 13.1. The molecule has 5 heteroatoms. The van der Waals surface area contributed by atoms with Crippen LogP contribution >= 0.6 is 0 Å². The molecule has 0 saturated carbocycles. The number of carbonyl (C=O) groups excluding carboxylic acids is 1. The lowest BCUT2D eigenvalue weighted by atomic mass is 10.1. The largest absolute Gasteiger partial charge is 0.507 e. The van der Waals surface area contributed by atoms with Gasteiger partial charge < -0.3 is 14.6 Å². The summed E-state index contributed by atoms with van der Waals surface area (Å²) in [5.74, 6) is 0.0379. The van der Waals surface area contributed by atoms with Gasteiger partial charge in [-0.15, -0.1) is 0 Å². The Hall–Kier alpha value is -2.30. The first-order chi connectivity index (χ1) is 8.65. The monoisotopic (exact) mass is 247 g/mol. The molecule has 1 aromatic carbocycles. The van der Waals surface area contributed by atoms with Crippen molar-refractivity contribution in [2.45, 2.75) is 6.92 Å². The third-order valence-electron chi connectivity index (χ3n) is 2.46. The van der Waals surface area contributed by atoms with Crippen LogP contribution in [0.1, 0.15) is 17.4 Å². The van der Waals surface area contributed by atoms with Gasteiger partial charge in [0.2, 0.25) is 0 Å². The zero-order valence-electron chi connectivity index (χ0n) is 10.1. The van der Waals surface area contributed by atoms with Crippen LogP contribution in [-0.2, 0) is 4.74 Å². The molecule has 0 aliphatic carbocycles. The minimum Gasteiger partial charge on any atom is -0.507 e. The molecule has 0 radical (unpaired) electrons. The first-order valence-electron chi connectivity index (χ1n) is 5.50. The molecule has 0 fully saturated rings. The number of pyridine rings is 1. The SMILES string of the molecule is CCOc1ccc2nc(C(=O)OC)cc(O)c2c1. The molecule has 0 aliphatic heterocycles. The number of esters is 1. The molecule has 0 spiro atoms. The third kappa shape index (κ3) is 2.20. The lowest BCUT2D eigenvalue weighted by Gasteiger charge is -2.07. The quantitative estimate of drug-likeness (QED) is 0.841. The Morgan fingerprint density at radius 2 is 2.17 bits per heavy atom. The molecule has 1 heterocycles. The van der Waals surface area contributed by atoms with Crippen LogP contribution < -0.4 is 4.74 Å². The lowest BCUT2D eigenvalue weighted by Crippen LogP contribution is -2.04. The molecular formula is C13H13NO4. The van der Waals surface area contributed by atoms with Crippen molar-refractivity contribution in [3.05, 3.63) is 30.0 Å². The zero-order valence-corrected chi connectivity index (χ0v) is 10.1. The minimum atomic E-state index is -0.582. The van der Waals surface area contributed by atoms with Gasteiger partial charge >= 0.3 is 5.97 Å². The number of hydrogen-bond donors (Lipinski definition) is 1. The smallest absolute Gasteiger partial charge is 0.356 e. The van der Waals surface area contributed by atoms with Gasteiger partial charge in [-0.1, -0.05) is 0 Å². The Morgan fingerprint density at radius 1 is 1.39 bits per heavy atom. The minimum absolute atomic E-state index is 0.0260. The molecule has 1 aromatic heterocycles. The van der Waals surface area contributed by atoms with Gasteiger partial charge in [0.1, 0.15) is 11.5 Å². The van der Waals surface area contributed by atoms with Crippen molar-refractivity contribution in [3.63, 3.8) is 0 Å². The van der Waals surface area contributed by atoms with E-state index in [-0.39, 0.29) is 11.4 Å². The second-order valence-corrected chi connectivity index (χ2v) is 3.63. The maximum Gasteiger partial charge on any atom is 0.356 e. The average Bonchev–Trinajstić information content (AvgIpc) is 2.38. The summed E-state index contributed by atoms with van der Waals surface area (Å²) >= 11 is 0. The fourth-order valence-corrected chi connectivity index (χ4v) is 1.65. The highest BCUT2D eigenvalue weighted by atomic mass is 16.5. The topological polar surface area (TPSA) is 68.7 Å². The molecule has 0 atom stereocenters. The Kier molecular flexibility index (Phi) is 3.32. The number of fused-ring (bicyclic) bond motifs is 1. The molecule has 2 rings (SSSR count). The number of benzene rings is 1. The van der Waals surface area contributed by atoms with Crippen LogP contribution in [0.3, 0.4) is 0 Å². The van der Waals surface area contributed by atoms with E-state index in [4.69, 9.17) is 4.74 Å². The van der Waals surface area contributed by atoms with Crippen molar-refractivity contribution in [1.82, 2.24) is 4.98 Å². The fraction of sp³-hybridized carbons (Fsp3) is 0.231. The van der Waals surface area contributed by atoms with E-state index in [0.29, 0.717) is 23.3 Å². The number of aromatic nitrogens is 1. The van der Waals surface area contributed by atoms with E-state index in [0.717, 1.165) is 0 Å². The molecule has 0 amide bonds. The van der Waals surface area contributed by atoms with Gasteiger partial charge in [0.15, 0.2) is 5.69 Å². The molecular weight excluding hydrogens is 234 g/mol. The standard InChI is InChI=1S/C13H13NO4/c1-3-18-8-4-5-10-9(6-8)12(15)7-11(14-10)13(16)17-2/h4-7H,3H2,1-2H3,(H,14,15). The maximum atomic E-state index is 11.4. The van der Waals surface area contributed by atoms with E-state index in [1.807, 2.05) is 6.92 Å². The van der Waals surface area contributed by atoms with Gasteiger partial charge in [0.25, 0.3) is 0 Å². The summed E-state index contributed by atoms with van der Waals surface area (Å²) in [6.45, 7) is 2.42. The summed E-state index contributed by atoms with van der Waals surface area (Å²) in [6, 6.07) is 6.39. The molecule has 5 nitrogen and oxygen atoms in total. The van der Waals surface area contributed by atoms with Gasteiger partial charge in [0, 0.05) is 11.5 Å². The van der Waals surface area contributed by atoms with E-state index in [9.17, 15) is 9.90 Å². The van der Waals surface area contributed by atoms with Crippen LogP contribution in [-0.4, -0.2) is 29.8 Å². The van der Waals surface area contributed by atoms with Gasteiger partial charge in [-0.05, 0) is 25.1 Å². The van der Waals surface area contributed by atoms with Crippen LogP contribution in [0.25, 0.3) is 10.9 Å². The van der Waals surface area contributed by atoms with Crippen LogP contribution in [0.4, 0.5) is 0 Å². The van der Waals surface area contributed by atoms with Crippen LogP contribution in [0.2, 0.25) is 0 Å². The highest BCUT2D eigenvalue weighted by Crippen LogP contribution is 2.28. The highest BCUT2D eigenvalue weighted by molar-refractivity contribution is 5.94. The van der Waals surface area contributed by atoms with Crippen molar-refractivity contribution in [2.75, 3.05) is 13.7 Å². The summed E-state index contributed by atoms with van der Waals surface area (Å²) in [4.78, 5) is 15.5. The second-order valence-electron chi connectivity index (χ2n) is 3.63. The number of ether oxygens (including phenoxy) is 2. The summed E-state index contributed by atoms with van der Waals surface area (Å²) in [5, 5.41) is 10.4. The Balaban J connectivity index is 2.55. The Labute approximate surface area is 104 Å². The molecule has 0 aliphatic rings.